The smallest absolute Gasteiger partial charge is 0.243 e. The first-order chi connectivity index (χ1) is 53.0. The summed E-state index contributed by atoms with van der Waals surface area (Å²) in [6, 6.07) is 33.8. The number of nitrogens with zero attached hydrogens (tertiary/aromatic N) is 12. The van der Waals surface area contributed by atoms with Crippen molar-refractivity contribution in [1.82, 2.24) is 58.1 Å². The zero-order valence-electron chi connectivity index (χ0n) is 59.9. The molecule has 8 bridgehead atoms. The van der Waals surface area contributed by atoms with Gasteiger partial charge in [-0.15, -0.1) is 0 Å². The van der Waals surface area contributed by atoms with Crippen LogP contribution in [0, 0.1) is 0 Å². The van der Waals surface area contributed by atoms with Gasteiger partial charge in [-0.3, -0.25) is 0 Å². The molecule has 0 saturated heterocycles. The SMILES string of the molecule is Cn1cc[n+](CCCC2c3cc4c5cc3Oc3cc6[nH]cnc6cc3Oc3cc6c(cc32)[C@H](CCC[n+]2ccn(C)c2)c2cc3c(cc2Oc2cc7nc[nH]c7cc2O6)Oc2cc6[nH]cnc6cc2Oc2cc(c(cc2[C@H]3CCC[n+]2ccn(C)c2)[C@@H]4CCC[n+]2ccn(C)c2)Oc2cc3[nH]cnc3cc2O5)c1. The van der Waals surface area contributed by atoms with Crippen molar-refractivity contribution in [3.8, 4) is 92.0 Å². The molecule has 0 spiro atoms. The van der Waals surface area contributed by atoms with Gasteiger partial charge in [-0.2, -0.15) is 0 Å². The third-order valence-corrected chi connectivity index (χ3v) is 22.2. The minimum atomic E-state index is -0.404. The van der Waals surface area contributed by atoms with Crippen LogP contribution in [0.15, 0.2) is 197 Å². The van der Waals surface area contributed by atoms with Gasteiger partial charge in [0.05, 0.1) is 124 Å². The molecule has 1 aliphatic carbocycles. The van der Waals surface area contributed by atoms with Gasteiger partial charge in [0, 0.05) is 141 Å². The number of fused-ring (bicyclic) bond motifs is 8. The second-order valence-corrected chi connectivity index (χ2v) is 29.4. The van der Waals surface area contributed by atoms with Gasteiger partial charge >= 0.3 is 0 Å². The highest BCUT2D eigenvalue weighted by Gasteiger charge is 2.40. The highest BCUT2D eigenvalue weighted by Crippen LogP contribution is 2.60. The first-order valence-corrected chi connectivity index (χ1v) is 37.0. The molecule has 16 aromatic rings. The largest absolute Gasteiger partial charge is 0.453 e. The molecule has 0 amide bonds. The highest BCUT2D eigenvalue weighted by atomic mass is 16.5. The van der Waals surface area contributed by atoms with E-state index in [0.717, 1.165) is 118 Å². The lowest BCUT2D eigenvalue weighted by Gasteiger charge is -2.30. The fraction of sp³-hybridized carbons (Fsp3) is 0.238. The fourth-order valence-electron chi connectivity index (χ4n) is 17.0. The van der Waals surface area contributed by atoms with E-state index in [1.807, 2.05) is 48.5 Å². The number of H-pyrrole nitrogens is 4. The third kappa shape index (κ3) is 11.3. The Morgan fingerprint density at radius 3 is 0.667 bits per heavy atom. The van der Waals surface area contributed by atoms with Crippen molar-refractivity contribution in [2.75, 3.05) is 0 Å². The van der Waals surface area contributed by atoms with E-state index in [-0.39, 0.29) is 0 Å². The van der Waals surface area contributed by atoms with E-state index in [2.05, 4.69) is 208 Å². The molecular formula is C84H76N16O8+4. The number of hydrogen-bond donors (Lipinski definition) is 4. The molecule has 12 heterocycles. The maximum absolute atomic E-state index is 7.66. The molecule has 5 aliphatic rings. The van der Waals surface area contributed by atoms with E-state index in [1.165, 1.54) is 0 Å². The van der Waals surface area contributed by atoms with Crippen LogP contribution in [-0.4, -0.2) is 58.1 Å². The number of aryl methyl sites for hydroxylation is 8. The molecule has 4 atom stereocenters. The van der Waals surface area contributed by atoms with Gasteiger partial charge in [0.1, 0.15) is 95.6 Å². The monoisotopic (exact) mass is 1440 g/mol. The second-order valence-electron chi connectivity index (χ2n) is 29.4. The van der Waals surface area contributed by atoms with Gasteiger partial charge in [-0.25, -0.2) is 56.5 Å². The van der Waals surface area contributed by atoms with E-state index in [0.29, 0.717) is 140 Å². The van der Waals surface area contributed by atoms with Crippen LogP contribution >= 0.6 is 0 Å². The van der Waals surface area contributed by atoms with E-state index in [4.69, 9.17) is 57.8 Å². The molecule has 1 unspecified atom stereocenters. The summed E-state index contributed by atoms with van der Waals surface area (Å²) in [4.78, 5) is 32.7. The number of aromatic nitrogens is 16. The first-order valence-electron chi connectivity index (χ1n) is 37.0. The number of nitrogens with one attached hydrogen (secondary N) is 4. The predicted octanol–water partition coefficient (Wildman–Crippen LogP) is 16.1. The molecule has 108 heavy (non-hydrogen) atoms. The Hall–Kier alpha value is -13.1. The lowest BCUT2D eigenvalue weighted by Crippen LogP contribution is -2.31. The van der Waals surface area contributed by atoms with Gasteiger partial charge < -0.3 is 57.8 Å². The molecule has 24 heteroatoms. The van der Waals surface area contributed by atoms with Crippen molar-refractivity contribution in [3.63, 3.8) is 0 Å². The summed E-state index contributed by atoms with van der Waals surface area (Å²) >= 11 is 0. The zero-order chi connectivity index (χ0) is 71.8. The predicted molar refractivity (Wildman–Crippen MR) is 397 cm³/mol. The molecule has 0 radical (unpaired) electrons. The van der Waals surface area contributed by atoms with Crippen molar-refractivity contribution in [2.24, 2.45) is 28.2 Å². The molecule has 4 N–H and O–H groups in total. The summed E-state index contributed by atoms with van der Waals surface area (Å²) in [6.07, 6.45) is 37.9. The Kier molecular flexibility index (Phi) is 14.8. The van der Waals surface area contributed by atoms with Crippen molar-refractivity contribution in [1.29, 1.82) is 0 Å². The van der Waals surface area contributed by atoms with E-state index < -0.39 is 23.7 Å². The second kappa shape index (κ2) is 25.3. The molecule has 4 aliphatic heterocycles. The van der Waals surface area contributed by atoms with Crippen LogP contribution in [0.2, 0.25) is 0 Å². The first kappa shape index (κ1) is 63.4. The zero-order valence-corrected chi connectivity index (χ0v) is 59.9. The molecule has 8 aromatic carbocycles. The Bertz CT molecular complexity index is 5260. The molecule has 0 fully saturated rings. The number of rotatable bonds is 16. The number of aromatic amines is 4. The fourth-order valence-corrected chi connectivity index (χ4v) is 17.0. The third-order valence-electron chi connectivity index (χ3n) is 22.2. The van der Waals surface area contributed by atoms with Gasteiger partial charge in [0.25, 0.3) is 0 Å². The van der Waals surface area contributed by atoms with Crippen LogP contribution in [0.1, 0.15) is 120 Å². The van der Waals surface area contributed by atoms with Crippen LogP contribution < -0.4 is 56.2 Å². The molecule has 536 valence electrons. The molecule has 0 saturated carbocycles. The van der Waals surface area contributed by atoms with Crippen molar-refractivity contribution in [2.45, 2.75) is 101 Å². The average molecular weight is 1440 g/mol. The van der Waals surface area contributed by atoms with Crippen LogP contribution in [-0.2, 0) is 54.4 Å². The van der Waals surface area contributed by atoms with Crippen LogP contribution in [0.25, 0.3) is 44.1 Å². The quantitative estimate of drug-likeness (QED) is 0.0663. The Balaban J connectivity index is 0.906. The topological polar surface area (TPSA) is 224 Å². The number of imidazole rings is 8. The summed E-state index contributed by atoms with van der Waals surface area (Å²) in [5.41, 5.74) is 13.5. The van der Waals surface area contributed by atoms with E-state index in [9.17, 15) is 0 Å². The number of hydrogen-bond acceptors (Lipinski definition) is 12. The molecule has 8 aromatic heterocycles. The van der Waals surface area contributed by atoms with Crippen LogP contribution in [0.4, 0.5) is 0 Å². The van der Waals surface area contributed by atoms with Gasteiger partial charge in [0.2, 0.25) is 25.3 Å². The molecule has 21 rings (SSSR count). The van der Waals surface area contributed by atoms with E-state index in [1.54, 1.807) is 25.3 Å². The van der Waals surface area contributed by atoms with Gasteiger partial charge in [0.15, 0.2) is 46.0 Å². The van der Waals surface area contributed by atoms with Gasteiger partial charge in [-0.1, -0.05) is 0 Å². The average Bonchev–Trinajstić information content (AvgIpc) is 1.16. The van der Waals surface area contributed by atoms with Crippen LogP contribution in [0.5, 0.6) is 92.0 Å². The summed E-state index contributed by atoms with van der Waals surface area (Å²) in [5, 5.41) is 0. The standard InChI is InChI=1S/C84H76N16O8/c1-93-17-21-97(45-93)13-5-9-49-53-25-55-50(10-6-14-98-22-18-94(2)46-98)57-27-59-52(12-8-16-100-24-20-96(4)48-100)60-28-58-51(11-7-15-99-23-19-95(3)47-99)56-26-54(49)70-38-72(56)104-80-32-64-66(90-43-88-64)34-82(80)106-74(58)40-76(60)108-84-36-68-67(91-44-92-68)35-83(84)107-75(59)39-73(57)105-81-33-65-63(87-42-89-65)31-79(81)103-71(55)37-69(53)101-77-29-61-62(86-41-85-61)30-78(77)102-70/h17-52H,5-16H2,1-4H3,(H,85,86)(H,87,89)(H,88,90)(H,91,92)/q+4/t49-,50+,51-,52?. The number of benzene rings is 8. The van der Waals surface area contributed by atoms with Gasteiger partial charge in [-0.05, 0) is 75.6 Å². The highest BCUT2D eigenvalue weighted by molar-refractivity contribution is 5.84. The normalized spacial score (nSPS) is 16.3. The molecular weight excluding hydrogens is 1360 g/mol. The molecule has 24 nitrogen and oxygen atoms in total. The Morgan fingerprint density at radius 1 is 0.269 bits per heavy atom. The minimum absolute atomic E-state index is 0.404. The Labute approximate surface area is 618 Å². The Morgan fingerprint density at radius 2 is 0.472 bits per heavy atom. The lowest BCUT2D eigenvalue weighted by molar-refractivity contribution is -0.697. The van der Waals surface area contributed by atoms with Crippen molar-refractivity contribution in [3.05, 3.63) is 242 Å². The maximum Gasteiger partial charge on any atom is 0.243 e. The van der Waals surface area contributed by atoms with Crippen molar-refractivity contribution >= 4 is 44.1 Å². The minimum Gasteiger partial charge on any atom is -0.453 e. The van der Waals surface area contributed by atoms with Crippen molar-refractivity contribution < 1.29 is 56.2 Å². The number of ether oxygens (including phenoxy) is 8. The maximum atomic E-state index is 7.66. The summed E-state index contributed by atoms with van der Waals surface area (Å²) in [6.45, 7) is 2.93. The van der Waals surface area contributed by atoms with Crippen LogP contribution in [0.3, 0.4) is 0 Å². The van der Waals surface area contributed by atoms with E-state index >= 15 is 0 Å². The summed E-state index contributed by atoms with van der Waals surface area (Å²) in [7, 11) is 8.25. The summed E-state index contributed by atoms with van der Waals surface area (Å²) < 4.78 is 78.7. The summed E-state index contributed by atoms with van der Waals surface area (Å²) in [5.74, 6) is 6.90. The lowest BCUT2D eigenvalue weighted by atomic mass is 9.76.